The summed E-state index contributed by atoms with van der Waals surface area (Å²) in [6, 6.07) is 0. The third kappa shape index (κ3) is 1.86. The Bertz CT molecular complexity index is 452. The summed E-state index contributed by atoms with van der Waals surface area (Å²) in [4.78, 5) is 6.60. The average molecular weight is 248 g/mol. The van der Waals surface area contributed by atoms with Crippen LogP contribution in [0.4, 0.5) is 5.95 Å². The van der Waals surface area contributed by atoms with Gasteiger partial charge in [-0.1, -0.05) is 13.8 Å². The maximum atomic E-state index is 10.3. The molecule has 0 atom stereocenters. The molecule has 2 aliphatic rings. The van der Waals surface area contributed by atoms with E-state index in [4.69, 9.17) is 0 Å². The van der Waals surface area contributed by atoms with Crippen molar-refractivity contribution in [1.29, 1.82) is 0 Å². The van der Waals surface area contributed by atoms with Crippen molar-refractivity contribution >= 4 is 5.95 Å². The molecule has 1 aliphatic carbocycles. The molecule has 5 heteroatoms. The Morgan fingerprint density at radius 1 is 1.17 bits per heavy atom. The Hall–Kier alpha value is -1.23. The van der Waals surface area contributed by atoms with E-state index in [1.807, 2.05) is 4.90 Å². The molecule has 1 aromatic rings. The van der Waals surface area contributed by atoms with E-state index >= 15 is 0 Å². The molecule has 3 rings (SSSR count). The fourth-order valence-corrected chi connectivity index (χ4v) is 2.70. The average Bonchev–Trinajstić information content (AvgIpc) is 3.18. The molecule has 1 saturated carbocycles. The minimum absolute atomic E-state index is 0.487. The van der Waals surface area contributed by atoms with Crippen molar-refractivity contribution < 1.29 is 5.11 Å². The smallest absolute Gasteiger partial charge is 0.245 e. The first-order valence-corrected chi connectivity index (χ1v) is 6.86. The van der Waals surface area contributed by atoms with E-state index in [1.165, 1.54) is 12.8 Å². The summed E-state index contributed by atoms with van der Waals surface area (Å²) >= 11 is 0. The van der Waals surface area contributed by atoms with E-state index in [-0.39, 0.29) is 0 Å². The van der Waals surface area contributed by atoms with Crippen LogP contribution in [0.25, 0.3) is 0 Å². The first kappa shape index (κ1) is 11.8. The Morgan fingerprint density at radius 3 is 2.39 bits per heavy atom. The van der Waals surface area contributed by atoms with E-state index in [1.54, 1.807) is 0 Å². The minimum Gasteiger partial charge on any atom is -0.386 e. The monoisotopic (exact) mass is 248 g/mol. The number of β-amino-alcohol motifs (C(OH)–C–C–N with tert-alkyl or cyclic N) is 1. The highest BCUT2D eigenvalue weighted by Crippen LogP contribution is 2.45. The van der Waals surface area contributed by atoms with Crippen molar-refractivity contribution in [3.05, 3.63) is 11.4 Å². The van der Waals surface area contributed by atoms with E-state index in [0.29, 0.717) is 25.0 Å². The van der Waals surface area contributed by atoms with Gasteiger partial charge in [-0.15, -0.1) is 5.10 Å². The van der Waals surface area contributed by atoms with Crippen LogP contribution in [0, 0.1) is 5.92 Å². The van der Waals surface area contributed by atoms with E-state index in [2.05, 4.69) is 29.0 Å². The number of nitrogens with zero attached hydrogens (tertiary/aromatic N) is 4. The van der Waals surface area contributed by atoms with Crippen molar-refractivity contribution in [2.45, 2.75) is 45.1 Å². The highest BCUT2D eigenvalue weighted by atomic mass is 16.3. The first-order valence-electron chi connectivity index (χ1n) is 6.86. The van der Waals surface area contributed by atoms with Gasteiger partial charge in [0.05, 0.1) is 24.5 Å². The SMILES string of the molecule is CCc1nnc(N2CC(O)(C3CC3)C2)nc1CC. The van der Waals surface area contributed by atoms with Crippen LogP contribution in [0.5, 0.6) is 0 Å². The van der Waals surface area contributed by atoms with Crippen LogP contribution in [-0.2, 0) is 12.8 Å². The van der Waals surface area contributed by atoms with Crippen molar-refractivity contribution in [3.8, 4) is 0 Å². The van der Waals surface area contributed by atoms with Gasteiger partial charge < -0.3 is 10.0 Å². The summed E-state index contributed by atoms with van der Waals surface area (Å²) in [5, 5.41) is 18.7. The van der Waals surface area contributed by atoms with Gasteiger partial charge in [0.2, 0.25) is 5.95 Å². The van der Waals surface area contributed by atoms with Gasteiger partial charge in [0.15, 0.2) is 0 Å². The molecule has 0 radical (unpaired) electrons. The lowest BCUT2D eigenvalue weighted by atomic mass is 9.89. The molecule has 1 aliphatic heterocycles. The number of aliphatic hydroxyl groups is 1. The lowest BCUT2D eigenvalue weighted by Gasteiger charge is -2.46. The molecule has 0 aromatic carbocycles. The lowest BCUT2D eigenvalue weighted by molar-refractivity contribution is -0.0103. The van der Waals surface area contributed by atoms with Crippen molar-refractivity contribution in [1.82, 2.24) is 15.2 Å². The Kier molecular flexibility index (Phi) is 2.73. The molecular formula is C13H20N4O. The second-order valence-corrected chi connectivity index (χ2v) is 5.45. The van der Waals surface area contributed by atoms with Crippen LogP contribution >= 0.6 is 0 Å². The Labute approximate surface area is 107 Å². The molecule has 1 N–H and O–H groups in total. The van der Waals surface area contributed by atoms with Gasteiger partial charge in [0.1, 0.15) is 5.60 Å². The quantitative estimate of drug-likeness (QED) is 0.860. The van der Waals surface area contributed by atoms with E-state index < -0.39 is 5.60 Å². The summed E-state index contributed by atoms with van der Waals surface area (Å²) in [7, 11) is 0. The third-order valence-corrected chi connectivity index (χ3v) is 4.05. The number of aryl methyl sites for hydroxylation is 2. The molecule has 2 fully saturated rings. The van der Waals surface area contributed by atoms with Gasteiger partial charge in [-0.2, -0.15) is 5.10 Å². The zero-order chi connectivity index (χ0) is 12.8. The summed E-state index contributed by atoms with van der Waals surface area (Å²) in [5.74, 6) is 1.18. The van der Waals surface area contributed by atoms with Crippen LogP contribution in [0.1, 0.15) is 38.1 Å². The fourth-order valence-electron chi connectivity index (χ4n) is 2.70. The molecule has 0 bridgehead atoms. The molecule has 0 unspecified atom stereocenters. The molecule has 1 aromatic heterocycles. The minimum atomic E-state index is -0.487. The Balaban J connectivity index is 1.74. The number of aromatic nitrogens is 3. The topological polar surface area (TPSA) is 62.1 Å². The van der Waals surface area contributed by atoms with Crippen molar-refractivity contribution in [3.63, 3.8) is 0 Å². The van der Waals surface area contributed by atoms with Gasteiger partial charge in [0.25, 0.3) is 0 Å². The molecule has 18 heavy (non-hydrogen) atoms. The van der Waals surface area contributed by atoms with Crippen molar-refractivity contribution in [2.24, 2.45) is 5.92 Å². The van der Waals surface area contributed by atoms with Crippen molar-refractivity contribution in [2.75, 3.05) is 18.0 Å². The normalized spacial score (nSPS) is 21.8. The standard InChI is InChI=1S/C13H20N4O/c1-3-10-11(4-2)15-16-12(14-10)17-7-13(18,8-17)9-5-6-9/h9,18H,3-8H2,1-2H3. The summed E-state index contributed by atoms with van der Waals surface area (Å²) in [5.41, 5.74) is 1.53. The van der Waals surface area contributed by atoms with Crippen LogP contribution in [0.3, 0.4) is 0 Å². The highest BCUT2D eigenvalue weighted by molar-refractivity contribution is 5.38. The maximum absolute atomic E-state index is 10.3. The zero-order valence-corrected chi connectivity index (χ0v) is 11.1. The summed E-state index contributed by atoms with van der Waals surface area (Å²) in [6.45, 7) is 5.48. The number of hydrogen-bond donors (Lipinski definition) is 1. The Morgan fingerprint density at radius 2 is 1.83 bits per heavy atom. The lowest BCUT2D eigenvalue weighted by Crippen LogP contribution is -2.64. The summed E-state index contributed by atoms with van der Waals surface area (Å²) in [6.07, 6.45) is 4.08. The first-order chi connectivity index (χ1) is 8.66. The number of hydrogen-bond acceptors (Lipinski definition) is 5. The molecule has 0 spiro atoms. The van der Waals surface area contributed by atoms with Gasteiger partial charge in [-0.3, -0.25) is 0 Å². The van der Waals surface area contributed by atoms with Crippen LogP contribution in [0.2, 0.25) is 0 Å². The van der Waals surface area contributed by atoms with E-state index in [0.717, 1.165) is 24.2 Å². The molecule has 0 amide bonds. The third-order valence-electron chi connectivity index (χ3n) is 4.05. The maximum Gasteiger partial charge on any atom is 0.245 e. The second-order valence-electron chi connectivity index (χ2n) is 5.45. The van der Waals surface area contributed by atoms with Gasteiger partial charge in [-0.25, -0.2) is 4.98 Å². The molecule has 98 valence electrons. The predicted molar refractivity (Wildman–Crippen MR) is 68.5 cm³/mol. The number of rotatable bonds is 4. The summed E-state index contributed by atoms with van der Waals surface area (Å²) < 4.78 is 0. The van der Waals surface area contributed by atoms with Gasteiger partial charge in [-0.05, 0) is 31.6 Å². The van der Waals surface area contributed by atoms with E-state index in [9.17, 15) is 5.11 Å². The molecule has 5 nitrogen and oxygen atoms in total. The van der Waals surface area contributed by atoms with Gasteiger partial charge in [0, 0.05) is 0 Å². The highest BCUT2D eigenvalue weighted by Gasteiger charge is 2.52. The molecule has 1 saturated heterocycles. The largest absolute Gasteiger partial charge is 0.386 e. The number of anilines is 1. The van der Waals surface area contributed by atoms with Gasteiger partial charge >= 0.3 is 0 Å². The second kappa shape index (κ2) is 4.16. The van der Waals surface area contributed by atoms with Crippen LogP contribution < -0.4 is 4.90 Å². The zero-order valence-electron chi connectivity index (χ0n) is 11.1. The fraction of sp³-hybridized carbons (Fsp3) is 0.769. The molecule has 2 heterocycles. The van der Waals surface area contributed by atoms with Crippen LogP contribution in [0.15, 0.2) is 0 Å². The molecular weight excluding hydrogens is 228 g/mol. The van der Waals surface area contributed by atoms with Crippen LogP contribution in [-0.4, -0.2) is 39.0 Å². The predicted octanol–water partition coefficient (Wildman–Crippen LogP) is 0.957.